The number of hydrogen-bond acceptors (Lipinski definition) is 10. The molecule has 0 aromatic heterocycles. The van der Waals surface area contributed by atoms with Crippen molar-refractivity contribution in [3.8, 4) is 0 Å². The minimum Gasteiger partial charge on any atom is -0.390 e. The van der Waals surface area contributed by atoms with Gasteiger partial charge in [-0.15, -0.1) is 0 Å². The van der Waals surface area contributed by atoms with Gasteiger partial charge in [0.1, 0.15) is 0 Å². The van der Waals surface area contributed by atoms with Crippen LogP contribution in [0.2, 0.25) is 0 Å². The lowest BCUT2D eigenvalue weighted by atomic mass is 9.70. The number of nitrogens with one attached hydrogen (secondary N) is 6. The number of ketones is 2. The van der Waals surface area contributed by atoms with Crippen molar-refractivity contribution in [3.05, 3.63) is 130 Å². The van der Waals surface area contributed by atoms with Crippen LogP contribution in [0.25, 0.3) is 0 Å². The van der Waals surface area contributed by atoms with Crippen molar-refractivity contribution < 1.29 is 29.4 Å². The number of carbonyl (C=O) groups excluding carboxylic acids is 4. The summed E-state index contributed by atoms with van der Waals surface area (Å²) in [5, 5.41) is 44.3. The maximum absolute atomic E-state index is 13.8. The van der Waals surface area contributed by atoms with Crippen molar-refractivity contribution in [1.29, 1.82) is 0 Å². The molecule has 8 N–H and O–H groups in total. The molecule has 374 valence electrons. The minimum atomic E-state index is -0.991. The molecular formula is C58H76N6O6. The molecule has 0 bridgehead atoms. The van der Waals surface area contributed by atoms with Crippen molar-refractivity contribution in [2.45, 2.75) is 166 Å². The third-order valence-electron chi connectivity index (χ3n) is 15.4. The molecule has 70 heavy (non-hydrogen) atoms. The largest absolute Gasteiger partial charge is 0.390 e. The molecule has 0 heterocycles. The van der Waals surface area contributed by atoms with Crippen molar-refractivity contribution in [2.24, 2.45) is 10.8 Å². The number of rotatable bonds is 21. The van der Waals surface area contributed by atoms with E-state index >= 15 is 0 Å². The summed E-state index contributed by atoms with van der Waals surface area (Å²) in [5.74, 6) is -0.523. The van der Waals surface area contributed by atoms with E-state index in [2.05, 4.69) is 44.0 Å². The standard InChI is InChI=1S/C58H76N6O6/c1-57(2)33-49(45-31-41(23-25-43(45)55(57)69)61-39-19-11-12-20-39)59-35-51(65)47(29-37-15-7-5-8-16-37)63-53(67)27-28-54(68)64-48(30-38-17-9-6-10-18-38)52(66)36-60-50-34-58(3,4)56(70)44-26-24-42(32-46(44)50)62-40-21-13-14-22-40/h5-10,15-18,23-26,31-32,39-40,47-52,59-62,65-66H,11-14,19-22,27-30,33-36H2,1-4H3,(H,63,67)(H,64,68)/t47-,48-,49-,50+,51-,52-/m0/s1. The van der Waals surface area contributed by atoms with E-state index < -0.39 is 35.1 Å². The van der Waals surface area contributed by atoms with Crippen LogP contribution in [0.1, 0.15) is 160 Å². The van der Waals surface area contributed by atoms with Crippen LogP contribution in [-0.2, 0) is 22.4 Å². The van der Waals surface area contributed by atoms with Crippen LogP contribution in [0, 0.1) is 10.8 Å². The molecule has 2 amide bonds. The zero-order chi connectivity index (χ0) is 49.4. The third kappa shape index (κ3) is 12.9. The number of hydrogen-bond donors (Lipinski definition) is 8. The highest BCUT2D eigenvalue weighted by Gasteiger charge is 2.41. The van der Waals surface area contributed by atoms with Crippen LogP contribution >= 0.6 is 0 Å². The van der Waals surface area contributed by atoms with E-state index in [0.29, 0.717) is 48.9 Å². The Morgan fingerprint density at radius 2 is 0.929 bits per heavy atom. The van der Waals surface area contributed by atoms with Gasteiger partial charge in [0.2, 0.25) is 11.8 Å². The third-order valence-corrected chi connectivity index (χ3v) is 15.4. The molecule has 8 rings (SSSR count). The number of benzene rings is 4. The van der Waals surface area contributed by atoms with Crippen molar-refractivity contribution in [1.82, 2.24) is 21.3 Å². The highest BCUT2D eigenvalue weighted by molar-refractivity contribution is 6.03. The molecule has 4 aliphatic carbocycles. The Balaban J connectivity index is 0.904. The summed E-state index contributed by atoms with van der Waals surface area (Å²) in [7, 11) is 0. The lowest BCUT2D eigenvalue weighted by Gasteiger charge is -2.37. The summed E-state index contributed by atoms with van der Waals surface area (Å²) in [6.07, 6.45) is 9.02. The quantitative estimate of drug-likeness (QED) is 0.0404. The molecule has 0 radical (unpaired) electrons. The van der Waals surface area contributed by atoms with Crippen LogP contribution in [0.5, 0.6) is 0 Å². The fraction of sp³-hybridized carbons (Fsp3) is 0.517. The van der Waals surface area contributed by atoms with Gasteiger partial charge < -0.3 is 42.1 Å². The molecule has 0 spiro atoms. The number of Topliss-reactive ketones (excluding diaryl/α,β-unsaturated/α-hetero) is 2. The number of aliphatic hydroxyl groups excluding tert-OH is 2. The Hall–Kier alpha value is -5.40. The second kappa shape index (κ2) is 22.8. The predicted molar refractivity (Wildman–Crippen MR) is 277 cm³/mol. The van der Waals surface area contributed by atoms with Crippen LogP contribution in [0.15, 0.2) is 97.1 Å². The number of carbonyl (C=O) groups is 4. The highest BCUT2D eigenvalue weighted by Crippen LogP contribution is 2.43. The SMILES string of the molecule is CC1(C)C[C@H](NC[C@H](O)[C@H](Cc2ccccc2)NC(=O)CCC(=O)N[C@@H](Cc2ccccc2)[C@@H](O)CN[C@@H]2CC(C)(C)C(=O)c3ccc(NC4CCCC4)cc32)c2cc(NC3CCCC3)ccc2C1=O. The van der Waals surface area contributed by atoms with Gasteiger partial charge in [0.15, 0.2) is 11.6 Å². The smallest absolute Gasteiger partial charge is 0.220 e. The van der Waals surface area contributed by atoms with E-state index in [9.17, 15) is 29.4 Å². The number of aliphatic hydroxyl groups is 2. The zero-order valence-electron chi connectivity index (χ0n) is 41.7. The van der Waals surface area contributed by atoms with Crippen molar-refractivity contribution in [3.63, 3.8) is 0 Å². The fourth-order valence-corrected chi connectivity index (χ4v) is 11.3. The molecule has 0 aliphatic heterocycles. The maximum atomic E-state index is 13.8. The second-order valence-corrected chi connectivity index (χ2v) is 22.0. The molecule has 4 aliphatic rings. The van der Waals surface area contributed by atoms with E-state index in [1.807, 2.05) is 113 Å². The van der Waals surface area contributed by atoms with Gasteiger partial charge in [-0.1, -0.05) is 114 Å². The van der Waals surface area contributed by atoms with E-state index in [-0.39, 0.29) is 61.4 Å². The average Bonchev–Trinajstić information content (AvgIpc) is 4.07. The Morgan fingerprint density at radius 3 is 1.30 bits per heavy atom. The predicted octanol–water partition coefficient (Wildman–Crippen LogP) is 8.54. The average molecular weight is 953 g/mol. The van der Waals surface area contributed by atoms with Crippen LogP contribution in [0.3, 0.4) is 0 Å². The fourth-order valence-electron chi connectivity index (χ4n) is 11.3. The number of fused-ring (bicyclic) bond motifs is 2. The molecule has 0 unspecified atom stereocenters. The summed E-state index contributed by atoms with van der Waals surface area (Å²) in [5.41, 5.74) is 5.91. The second-order valence-electron chi connectivity index (χ2n) is 22.0. The molecular weight excluding hydrogens is 877 g/mol. The minimum absolute atomic E-state index is 0.110. The summed E-state index contributed by atoms with van der Waals surface area (Å²) in [6, 6.07) is 30.6. The molecule has 4 aromatic rings. The van der Waals surface area contributed by atoms with Gasteiger partial charge in [0.25, 0.3) is 0 Å². The molecule has 6 atom stereocenters. The van der Waals surface area contributed by atoms with Gasteiger partial charge in [-0.25, -0.2) is 0 Å². The molecule has 12 heteroatoms. The first-order valence-corrected chi connectivity index (χ1v) is 26.0. The normalized spacial score (nSPS) is 21.5. The first-order valence-electron chi connectivity index (χ1n) is 26.0. The van der Waals surface area contributed by atoms with E-state index in [0.717, 1.165) is 59.3 Å². The molecule has 4 aromatic carbocycles. The molecule has 2 fully saturated rings. The van der Waals surface area contributed by atoms with Crippen LogP contribution in [-0.4, -0.2) is 83.1 Å². The number of anilines is 2. The Kier molecular flexibility index (Phi) is 16.6. The summed E-state index contributed by atoms with van der Waals surface area (Å²) in [4.78, 5) is 54.7. The molecule has 2 saturated carbocycles. The summed E-state index contributed by atoms with van der Waals surface area (Å²) >= 11 is 0. The number of amides is 2. The summed E-state index contributed by atoms with van der Waals surface area (Å²) < 4.78 is 0. The topological polar surface area (TPSA) is 181 Å². The Morgan fingerprint density at radius 1 is 0.557 bits per heavy atom. The van der Waals surface area contributed by atoms with Crippen LogP contribution < -0.4 is 31.9 Å². The first kappa shape index (κ1) is 51.0. The Bertz CT molecular complexity index is 2260. The van der Waals surface area contributed by atoms with E-state index in [1.165, 1.54) is 25.7 Å². The highest BCUT2D eigenvalue weighted by atomic mass is 16.3. The van der Waals surface area contributed by atoms with Gasteiger partial charge in [0, 0.05) is 83.4 Å². The monoisotopic (exact) mass is 953 g/mol. The van der Waals surface area contributed by atoms with E-state index in [1.54, 1.807) is 0 Å². The van der Waals surface area contributed by atoms with Gasteiger partial charge in [-0.3, -0.25) is 19.2 Å². The van der Waals surface area contributed by atoms with Gasteiger partial charge in [0.05, 0.1) is 24.3 Å². The molecule has 12 nitrogen and oxygen atoms in total. The zero-order valence-corrected chi connectivity index (χ0v) is 41.7. The van der Waals surface area contributed by atoms with Gasteiger partial charge in [-0.05, 0) is 110 Å². The van der Waals surface area contributed by atoms with E-state index in [4.69, 9.17) is 0 Å². The lowest BCUT2D eigenvalue weighted by molar-refractivity contribution is -0.128. The lowest BCUT2D eigenvalue weighted by Crippen LogP contribution is -2.51. The summed E-state index contributed by atoms with van der Waals surface area (Å²) in [6.45, 7) is 8.20. The van der Waals surface area contributed by atoms with Gasteiger partial charge in [-0.2, -0.15) is 0 Å². The van der Waals surface area contributed by atoms with Crippen molar-refractivity contribution >= 4 is 34.8 Å². The molecule has 0 saturated heterocycles. The first-order chi connectivity index (χ1) is 33.6. The maximum Gasteiger partial charge on any atom is 0.220 e. The van der Waals surface area contributed by atoms with Gasteiger partial charge >= 0.3 is 0 Å². The van der Waals surface area contributed by atoms with Crippen molar-refractivity contribution in [2.75, 3.05) is 23.7 Å². The Labute approximate surface area is 415 Å². The van der Waals surface area contributed by atoms with Crippen LogP contribution in [0.4, 0.5) is 11.4 Å².